The molecule has 2 aromatic carbocycles. The van der Waals surface area contributed by atoms with Gasteiger partial charge >= 0.3 is 0 Å². The van der Waals surface area contributed by atoms with E-state index in [4.69, 9.17) is 22.1 Å². The van der Waals surface area contributed by atoms with Gasteiger partial charge in [0.2, 0.25) is 0 Å². The van der Waals surface area contributed by atoms with E-state index >= 15 is 0 Å². The van der Waals surface area contributed by atoms with E-state index in [1.54, 1.807) is 0 Å². The molecule has 0 saturated carbocycles. The van der Waals surface area contributed by atoms with E-state index in [0.29, 0.717) is 0 Å². The molecule has 2 nitrogen and oxygen atoms in total. The monoisotopic (exact) mass is 301 g/mol. The van der Waals surface area contributed by atoms with Gasteiger partial charge < -0.3 is 10.5 Å². The third-order valence-electron chi connectivity index (χ3n) is 4.24. The molecular weight excluding hydrogens is 282 g/mol. The van der Waals surface area contributed by atoms with Crippen LogP contribution in [-0.2, 0) is 5.41 Å². The number of halogens is 1. The second kappa shape index (κ2) is 5.04. The topological polar surface area (TPSA) is 35.2 Å². The van der Waals surface area contributed by atoms with Crippen molar-refractivity contribution in [3.63, 3.8) is 0 Å². The Kier molecular flexibility index (Phi) is 3.46. The van der Waals surface area contributed by atoms with Crippen LogP contribution in [-0.4, -0.2) is 6.61 Å². The minimum Gasteiger partial charge on any atom is -0.492 e. The van der Waals surface area contributed by atoms with Gasteiger partial charge in [-0.2, -0.15) is 0 Å². The second-order valence-corrected chi connectivity index (χ2v) is 6.82. The molecule has 2 aromatic rings. The molecule has 1 atom stereocenters. The van der Waals surface area contributed by atoms with E-state index in [1.165, 1.54) is 5.56 Å². The normalized spacial score (nSPS) is 17.2. The standard InChI is InChI=1S/C18H20ClNO/c1-11-4-5-13(9-15(11)19)17(20)12-6-7-16-14(8-12)18(2,3)10-21-16/h4-9,17H,10,20H2,1-3H3. The van der Waals surface area contributed by atoms with Crippen molar-refractivity contribution in [1.29, 1.82) is 0 Å². The van der Waals surface area contributed by atoms with E-state index in [2.05, 4.69) is 19.9 Å². The molecule has 1 aliphatic rings. The van der Waals surface area contributed by atoms with Gasteiger partial charge in [0.05, 0.1) is 12.6 Å². The average molecular weight is 302 g/mol. The van der Waals surface area contributed by atoms with E-state index in [1.807, 2.05) is 37.3 Å². The third kappa shape index (κ3) is 2.54. The molecule has 110 valence electrons. The smallest absolute Gasteiger partial charge is 0.123 e. The summed E-state index contributed by atoms with van der Waals surface area (Å²) in [7, 11) is 0. The molecule has 0 bridgehead atoms. The first-order valence-electron chi connectivity index (χ1n) is 7.17. The molecule has 0 fully saturated rings. The van der Waals surface area contributed by atoms with Crippen molar-refractivity contribution < 1.29 is 4.74 Å². The lowest BCUT2D eigenvalue weighted by Gasteiger charge is -2.18. The number of hydrogen-bond donors (Lipinski definition) is 1. The summed E-state index contributed by atoms with van der Waals surface area (Å²) in [5.41, 5.74) is 10.9. The van der Waals surface area contributed by atoms with Gasteiger partial charge in [0.25, 0.3) is 0 Å². The van der Waals surface area contributed by atoms with Crippen LogP contribution in [0.15, 0.2) is 36.4 Å². The van der Waals surface area contributed by atoms with Crippen molar-refractivity contribution in [2.75, 3.05) is 6.61 Å². The molecule has 3 rings (SSSR count). The van der Waals surface area contributed by atoms with Crippen LogP contribution < -0.4 is 10.5 Å². The van der Waals surface area contributed by atoms with Crippen LogP contribution >= 0.6 is 11.6 Å². The van der Waals surface area contributed by atoms with Gasteiger partial charge in [-0.05, 0) is 41.8 Å². The van der Waals surface area contributed by atoms with E-state index < -0.39 is 0 Å². The first-order valence-corrected chi connectivity index (χ1v) is 7.55. The van der Waals surface area contributed by atoms with Crippen LogP contribution in [0.3, 0.4) is 0 Å². The lowest BCUT2D eigenvalue weighted by molar-refractivity contribution is 0.291. The molecule has 3 heteroatoms. The molecule has 0 saturated heterocycles. The maximum absolute atomic E-state index is 6.42. The minimum absolute atomic E-state index is 0.0377. The van der Waals surface area contributed by atoms with Crippen molar-refractivity contribution in [3.8, 4) is 5.75 Å². The molecule has 0 amide bonds. The van der Waals surface area contributed by atoms with Gasteiger partial charge in [-0.1, -0.05) is 43.6 Å². The Morgan fingerprint density at radius 2 is 1.81 bits per heavy atom. The highest BCUT2D eigenvalue weighted by Crippen LogP contribution is 2.40. The fraction of sp³-hybridized carbons (Fsp3) is 0.333. The summed E-state index contributed by atoms with van der Waals surface area (Å²) in [5, 5.41) is 0.757. The number of rotatable bonds is 2. The molecule has 2 N–H and O–H groups in total. The van der Waals surface area contributed by atoms with Crippen LogP contribution in [0, 0.1) is 6.92 Å². The van der Waals surface area contributed by atoms with Crippen LogP contribution in [0.25, 0.3) is 0 Å². The predicted octanol–water partition coefficient (Wildman–Crippen LogP) is 4.37. The largest absolute Gasteiger partial charge is 0.492 e. The summed E-state index contributed by atoms with van der Waals surface area (Å²) in [5.74, 6) is 0.970. The summed E-state index contributed by atoms with van der Waals surface area (Å²) in [4.78, 5) is 0. The summed E-state index contributed by atoms with van der Waals surface area (Å²) < 4.78 is 5.73. The molecule has 0 aromatic heterocycles. The van der Waals surface area contributed by atoms with Crippen molar-refractivity contribution in [2.45, 2.75) is 32.2 Å². The molecule has 0 radical (unpaired) electrons. The van der Waals surface area contributed by atoms with E-state index in [-0.39, 0.29) is 11.5 Å². The Bertz CT molecular complexity index is 694. The zero-order chi connectivity index (χ0) is 15.2. The van der Waals surface area contributed by atoms with Crippen molar-refractivity contribution in [3.05, 3.63) is 63.7 Å². The molecule has 21 heavy (non-hydrogen) atoms. The highest BCUT2D eigenvalue weighted by Gasteiger charge is 2.32. The van der Waals surface area contributed by atoms with Crippen molar-refractivity contribution in [2.24, 2.45) is 5.73 Å². The Morgan fingerprint density at radius 1 is 1.14 bits per heavy atom. The van der Waals surface area contributed by atoms with Gasteiger partial charge in [0, 0.05) is 16.0 Å². The number of fused-ring (bicyclic) bond motifs is 1. The highest BCUT2D eigenvalue weighted by molar-refractivity contribution is 6.31. The number of aryl methyl sites for hydroxylation is 1. The zero-order valence-corrected chi connectivity index (χ0v) is 13.4. The minimum atomic E-state index is -0.176. The van der Waals surface area contributed by atoms with Crippen LogP contribution in [0.2, 0.25) is 5.02 Å². The van der Waals surface area contributed by atoms with Crippen LogP contribution in [0.4, 0.5) is 0 Å². The predicted molar refractivity (Wildman–Crippen MR) is 87.2 cm³/mol. The Morgan fingerprint density at radius 3 is 2.52 bits per heavy atom. The zero-order valence-electron chi connectivity index (χ0n) is 12.6. The molecule has 1 aliphatic heterocycles. The van der Waals surface area contributed by atoms with Crippen molar-refractivity contribution in [1.82, 2.24) is 0 Å². The average Bonchev–Trinajstić information content (AvgIpc) is 2.76. The molecule has 1 heterocycles. The fourth-order valence-corrected chi connectivity index (χ4v) is 2.92. The maximum atomic E-state index is 6.42. The van der Waals surface area contributed by atoms with Gasteiger partial charge in [-0.15, -0.1) is 0 Å². The number of hydrogen-bond acceptors (Lipinski definition) is 2. The maximum Gasteiger partial charge on any atom is 0.123 e. The Labute approximate surface area is 130 Å². The molecule has 0 aliphatic carbocycles. The summed E-state index contributed by atoms with van der Waals surface area (Å²) in [6.07, 6.45) is 0. The SMILES string of the molecule is Cc1ccc(C(N)c2ccc3c(c2)C(C)(C)CO3)cc1Cl. The van der Waals surface area contributed by atoms with E-state index in [9.17, 15) is 0 Å². The third-order valence-corrected chi connectivity index (χ3v) is 4.64. The lowest BCUT2D eigenvalue weighted by Crippen LogP contribution is -2.19. The Hall–Kier alpha value is -1.51. The van der Waals surface area contributed by atoms with Gasteiger partial charge in [-0.25, -0.2) is 0 Å². The van der Waals surface area contributed by atoms with Gasteiger partial charge in [0.15, 0.2) is 0 Å². The first kappa shape index (κ1) is 14.4. The number of nitrogens with two attached hydrogens (primary N) is 1. The number of benzene rings is 2. The van der Waals surface area contributed by atoms with Crippen molar-refractivity contribution >= 4 is 11.6 Å². The first-order chi connectivity index (χ1) is 9.88. The van der Waals surface area contributed by atoms with E-state index in [0.717, 1.165) is 34.1 Å². The lowest BCUT2D eigenvalue weighted by atomic mass is 9.85. The molecule has 1 unspecified atom stereocenters. The number of ether oxygens (including phenoxy) is 1. The quantitative estimate of drug-likeness (QED) is 0.894. The van der Waals surface area contributed by atoms with Gasteiger partial charge in [-0.3, -0.25) is 0 Å². The molecular formula is C18H20ClNO. The fourth-order valence-electron chi connectivity index (χ4n) is 2.73. The Balaban J connectivity index is 1.99. The van der Waals surface area contributed by atoms with Crippen LogP contribution in [0.5, 0.6) is 5.75 Å². The van der Waals surface area contributed by atoms with Crippen LogP contribution in [0.1, 0.15) is 42.1 Å². The summed E-state index contributed by atoms with van der Waals surface area (Å²) in [6, 6.07) is 12.1. The summed E-state index contributed by atoms with van der Waals surface area (Å²) >= 11 is 6.21. The highest BCUT2D eigenvalue weighted by atomic mass is 35.5. The molecule has 0 spiro atoms. The van der Waals surface area contributed by atoms with Gasteiger partial charge in [0.1, 0.15) is 5.75 Å². The second-order valence-electron chi connectivity index (χ2n) is 6.41. The summed E-state index contributed by atoms with van der Waals surface area (Å²) in [6.45, 7) is 7.10.